The molecule has 0 aliphatic rings. The van der Waals surface area contributed by atoms with Crippen molar-refractivity contribution in [2.24, 2.45) is 0 Å². The highest BCUT2D eigenvalue weighted by Crippen LogP contribution is 2.32. The van der Waals surface area contributed by atoms with Crippen LogP contribution in [0.3, 0.4) is 0 Å². The van der Waals surface area contributed by atoms with E-state index in [-0.39, 0.29) is 17.4 Å². The molecule has 19 heavy (non-hydrogen) atoms. The molecule has 0 aliphatic carbocycles. The Kier molecular flexibility index (Phi) is 3.44. The van der Waals surface area contributed by atoms with E-state index in [9.17, 15) is 10.2 Å². The van der Waals surface area contributed by atoms with Crippen molar-refractivity contribution in [3.05, 3.63) is 24.0 Å². The second kappa shape index (κ2) is 4.89. The molecule has 2 aromatic rings. The van der Waals surface area contributed by atoms with Gasteiger partial charge in [-0.25, -0.2) is 0 Å². The summed E-state index contributed by atoms with van der Waals surface area (Å²) in [5.41, 5.74) is -0.0793. The maximum absolute atomic E-state index is 9.46. The number of hydrogen-bond donors (Lipinski definition) is 2. The number of nitrogens with zero attached hydrogens (tertiary/aromatic N) is 2. The van der Waals surface area contributed by atoms with Crippen LogP contribution in [-0.2, 0) is 10.3 Å². The first-order valence-electron chi connectivity index (χ1n) is 5.92. The zero-order valence-corrected chi connectivity index (χ0v) is 11.0. The molecule has 102 valence electrons. The van der Waals surface area contributed by atoms with Crippen molar-refractivity contribution in [2.45, 2.75) is 25.9 Å². The Morgan fingerprint density at radius 3 is 2.63 bits per heavy atom. The van der Waals surface area contributed by atoms with E-state index in [1.54, 1.807) is 13.2 Å². The highest BCUT2D eigenvalue weighted by atomic mass is 16.5. The summed E-state index contributed by atoms with van der Waals surface area (Å²) >= 11 is 0. The van der Waals surface area contributed by atoms with Gasteiger partial charge in [0.15, 0.2) is 11.5 Å². The van der Waals surface area contributed by atoms with Crippen molar-refractivity contribution in [3.8, 4) is 23.0 Å². The average Bonchev–Trinajstić information content (AvgIpc) is 2.91. The number of rotatable bonds is 4. The van der Waals surface area contributed by atoms with E-state index in [0.717, 1.165) is 0 Å². The summed E-state index contributed by atoms with van der Waals surface area (Å²) in [7, 11) is 1.59. The monoisotopic (exact) mass is 264 g/mol. The van der Waals surface area contributed by atoms with Gasteiger partial charge in [-0.3, -0.25) is 0 Å². The molecule has 6 heteroatoms. The molecule has 0 radical (unpaired) electrons. The van der Waals surface area contributed by atoms with E-state index < -0.39 is 5.60 Å². The van der Waals surface area contributed by atoms with Gasteiger partial charge in [-0.2, -0.15) is 4.98 Å². The number of aromatic nitrogens is 2. The van der Waals surface area contributed by atoms with Gasteiger partial charge in [-0.1, -0.05) is 12.1 Å². The van der Waals surface area contributed by atoms with E-state index in [1.807, 2.05) is 13.8 Å². The molecule has 1 aromatic carbocycles. The van der Waals surface area contributed by atoms with Crippen LogP contribution in [0.2, 0.25) is 0 Å². The minimum Gasteiger partial charge on any atom is -0.504 e. The molecule has 2 N–H and O–H groups in total. The molecule has 0 fully saturated rings. The Hall–Kier alpha value is -2.08. The van der Waals surface area contributed by atoms with Crippen LogP contribution in [0.25, 0.3) is 11.5 Å². The van der Waals surface area contributed by atoms with Crippen LogP contribution < -0.4 is 0 Å². The lowest BCUT2D eigenvalue weighted by Crippen LogP contribution is -2.24. The van der Waals surface area contributed by atoms with Gasteiger partial charge in [0.05, 0.1) is 0 Å². The quantitative estimate of drug-likeness (QED) is 0.824. The first-order chi connectivity index (χ1) is 9.00. The number of methoxy groups -OCH3 is 1. The van der Waals surface area contributed by atoms with E-state index in [2.05, 4.69) is 10.1 Å². The molecule has 6 nitrogen and oxygen atoms in total. The van der Waals surface area contributed by atoms with Crippen molar-refractivity contribution in [3.63, 3.8) is 0 Å². The third-order valence-electron chi connectivity index (χ3n) is 3.25. The highest BCUT2D eigenvalue weighted by Gasteiger charge is 2.30. The van der Waals surface area contributed by atoms with Crippen LogP contribution in [0.5, 0.6) is 11.5 Å². The maximum atomic E-state index is 9.46. The molecule has 0 amide bonds. The van der Waals surface area contributed by atoms with Crippen LogP contribution in [0, 0.1) is 0 Å². The van der Waals surface area contributed by atoms with Gasteiger partial charge >= 0.3 is 0 Å². The van der Waals surface area contributed by atoms with Crippen LogP contribution in [0.1, 0.15) is 26.1 Å². The number of ether oxygens (including phenoxy) is 1. The third kappa shape index (κ3) is 2.39. The Morgan fingerprint density at radius 1 is 1.32 bits per heavy atom. The SMILES string of the molecule is CCC(C)(OC)c1noc(-c2ccc(O)c(O)c2)n1. The predicted molar refractivity (Wildman–Crippen MR) is 67.7 cm³/mol. The topological polar surface area (TPSA) is 88.6 Å². The van der Waals surface area contributed by atoms with Gasteiger partial charge in [-0.05, 0) is 31.5 Å². The van der Waals surface area contributed by atoms with Gasteiger partial charge in [-0.15, -0.1) is 0 Å². The largest absolute Gasteiger partial charge is 0.504 e. The van der Waals surface area contributed by atoms with Crippen LogP contribution in [-0.4, -0.2) is 27.5 Å². The third-order valence-corrected chi connectivity index (χ3v) is 3.25. The molecule has 1 unspecified atom stereocenters. The molecule has 1 atom stereocenters. The summed E-state index contributed by atoms with van der Waals surface area (Å²) in [6.07, 6.45) is 0.698. The Balaban J connectivity index is 2.38. The van der Waals surface area contributed by atoms with E-state index in [4.69, 9.17) is 9.26 Å². The molecule has 1 heterocycles. The van der Waals surface area contributed by atoms with Gasteiger partial charge in [0, 0.05) is 12.7 Å². The number of phenols is 2. The standard InChI is InChI=1S/C13H16N2O4/c1-4-13(2,18-3)12-14-11(19-15-12)8-5-6-9(16)10(17)7-8/h5-7,16-17H,4H2,1-3H3. The zero-order chi connectivity index (χ0) is 14.0. The van der Waals surface area contributed by atoms with Gasteiger partial charge in [0.1, 0.15) is 5.60 Å². The van der Waals surface area contributed by atoms with Crippen molar-refractivity contribution in [1.29, 1.82) is 0 Å². The van der Waals surface area contributed by atoms with Crippen molar-refractivity contribution >= 4 is 0 Å². The summed E-state index contributed by atoms with van der Waals surface area (Å²) in [5.74, 6) is 0.281. The Morgan fingerprint density at radius 2 is 2.05 bits per heavy atom. The summed E-state index contributed by atoms with van der Waals surface area (Å²) in [6.45, 7) is 3.84. The van der Waals surface area contributed by atoms with Crippen molar-refractivity contribution in [1.82, 2.24) is 10.1 Å². The smallest absolute Gasteiger partial charge is 0.258 e. The van der Waals surface area contributed by atoms with Gasteiger partial charge < -0.3 is 19.5 Å². The fourth-order valence-corrected chi connectivity index (χ4v) is 1.61. The molecular weight excluding hydrogens is 248 g/mol. The van der Waals surface area contributed by atoms with Crippen molar-refractivity contribution < 1.29 is 19.5 Å². The second-order valence-corrected chi connectivity index (χ2v) is 4.42. The van der Waals surface area contributed by atoms with Crippen LogP contribution in [0.15, 0.2) is 22.7 Å². The maximum Gasteiger partial charge on any atom is 0.258 e. The lowest BCUT2D eigenvalue weighted by atomic mass is 10.0. The fourth-order valence-electron chi connectivity index (χ4n) is 1.61. The van der Waals surface area contributed by atoms with Crippen molar-refractivity contribution in [2.75, 3.05) is 7.11 Å². The number of phenolic OH excluding ortho intramolecular Hbond substituents is 2. The minimum absolute atomic E-state index is 0.196. The van der Waals surface area contributed by atoms with Gasteiger partial charge in [0.2, 0.25) is 5.82 Å². The predicted octanol–water partition coefficient (Wildman–Crippen LogP) is 2.42. The second-order valence-electron chi connectivity index (χ2n) is 4.42. The number of hydrogen-bond acceptors (Lipinski definition) is 6. The molecule has 0 spiro atoms. The van der Waals surface area contributed by atoms with Gasteiger partial charge in [0.25, 0.3) is 5.89 Å². The van der Waals surface area contributed by atoms with Crippen LogP contribution >= 0.6 is 0 Å². The molecule has 0 saturated carbocycles. The molecule has 1 aromatic heterocycles. The normalized spacial score (nSPS) is 14.3. The Labute approximate surface area is 110 Å². The number of benzene rings is 1. The van der Waals surface area contributed by atoms with E-state index >= 15 is 0 Å². The van der Waals surface area contributed by atoms with E-state index in [1.165, 1.54) is 12.1 Å². The average molecular weight is 264 g/mol. The molecular formula is C13H16N2O4. The summed E-state index contributed by atoms with van der Waals surface area (Å²) < 4.78 is 10.6. The number of aromatic hydroxyl groups is 2. The lowest BCUT2D eigenvalue weighted by molar-refractivity contribution is -0.0106. The summed E-state index contributed by atoms with van der Waals surface area (Å²) in [4.78, 5) is 4.27. The molecule has 2 rings (SSSR count). The Bertz CT molecular complexity index is 576. The van der Waals surface area contributed by atoms with E-state index in [0.29, 0.717) is 17.8 Å². The molecule has 0 bridgehead atoms. The van der Waals surface area contributed by atoms with Crippen LogP contribution in [0.4, 0.5) is 0 Å². The zero-order valence-electron chi connectivity index (χ0n) is 11.0. The summed E-state index contributed by atoms with van der Waals surface area (Å²) in [5, 5.41) is 22.6. The first kappa shape index (κ1) is 13.4. The fraction of sp³-hybridized carbons (Fsp3) is 0.385. The minimum atomic E-state index is -0.610. The summed E-state index contributed by atoms with van der Waals surface area (Å²) in [6, 6.07) is 4.31. The lowest BCUT2D eigenvalue weighted by Gasteiger charge is -2.21. The molecule has 0 aliphatic heterocycles. The first-order valence-corrected chi connectivity index (χ1v) is 5.92. The highest BCUT2D eigenvalue weighted by molar-refractivity contribution is 5.58. The molecule has 0 saturated heterocycles.